The normalized spacial score (nSPS) is 10.3. The van der Waals surface area contributed by atoms with Crippen LogP contribution >= 0.6 is 0 Å². The number of fused-ring (bicyclic) bond motifs is 1. The zero-order valence-electron chi connectivity index (χ0n) is 10.8. The quantitative estimate of drug-likeness (QED) is 0.894. The minimum Gasteiger partial charge on any atom is -0.376 e. The largest absolute Gasteiger partial charge is 0.376 e. The van der Waals surface area contributed by atoms with Crippen molar-refractivity contribution in [3.05, 3.63) is 42.5 Å². The Balaban J connectivity index is 2.06. The Bertz CT molecular complexity index is 551. The molecule has 3 heteroatoms. The summed E-state index contributed by atoms with van der Waals surface area (Å²) >= 11 is 0. The maximum atomic E-state index is 11.7. The number of hydrogen-bond donors (Lipinski definition) is 1. The van der Waals surface area contributed by atoms with Crippen molar-refractivity contribution in [3.63, 3.8) is 0 Å². The van der Waals surface area contributed by atoms with Crippen LogP contribution in [0.25, 0.3) is 10.8 Å². The monoisotopic (exact) mass is 242 g/mol. The lowest BCUT2D eigenvalue weighted by atomic mass is 10.1. The molecule has 0 aliphatic heterocycles. The second kappa shape index (κ2) is 5.54. The van der Waals surface area contributed by atoms with E-state index in [9.17, 15) is 4.79 Å². The molecule has 0 fully saturated rings. The third-order valence-electron chi connectivity index (χ3n) is 3.09. The fourth-order valence-corrected chi connectivity index (χ4v) is 1.79. The van der Waals surface area contributed by atoms with Crippen LogP contribution in [0.15, 0.2) is 42.5 Å². The number of carbonyl (C=O) groups is 1. The number of hydrogen-bond acceptors (Lipinski definition) is 2. The minimum atomic E-state index is 0.102. The molecule has 0 atom stereocenters. The molecular formula is C15H18N2O. The standard InChI is InChI=1S/C15H18N2O/c1-3-17(2)15(18)11-16-14-9-8-12-6-4-5-7-13(12)10-14/h4-10,16H,3,11H2,1-2H3. The first kappa shape index (κ1) is 12.4. The number of amides is 1. The van der Waals surface area contributed by atoms with Crippen LogP contribution in [0.3, 0.4) is 0 Å². The molecule has 0 saturated carbocycles. The van der Waals surface area contributed by atoms with Gasteiger partial charge in [0.25, 0.3) is 0 Å². The van der Waals surface area contributed by atoms with Gasteiger partial charge in [0.1, 0.15) is 0 Å². The first-order chi connectivity index (χ1) is 8.70. The van der Waals surface area contributed by atoms with E-state index in [-0.39, 0.29) is 5.91 Å². The molecule has 2 rings (SSSR count). The molecule has 0 heterocycles. The molecule has 0 unspecified atom stereocenters. The van der Waals surface area contributed by atoms with Gasteiger partial charge in [-0.15, -0.1) is 0 Å². The molecule has 3 nitrogen and oxygen atoms in total. The van der Waals surface area contributed by atoms with Crippen molar-refractivity contribution in [2.45, 2.75) is 6.92 Å². The molecule has 94 valence electrons. The van der Waals surface area contributed by atoms with E-state index in [4.69, 9.17) is 0 Å². The Morgan fingerprint density at radius 3 is 2.61 bits per heavy atom. The van der Waals surface area contributed by atoms with Crippen LogP contribution < -0.4 is 5.32 Å². The highest BCUT2D eigenvalue weighted by Crippen LogP contribution is 2.18. The lowest BCUT2D eigenvalue weighted by molar-refractivity contribution is -0.127. The maximum absolute atomic E-state index is 11.7. The Labute approximate surface area is 107 Å². The zero-order chi connectivity index (χ0) is 13.0. The molecule has 1 N–H and O–H groups in total. The Morgan fingerprint density at radius 2 is 1.89 bits per heavy atom. The number of likely N-dealkylation sites (N-methyl/N-ethyl adjacent to an activating group) is 1. The Kier molecular flexibility index (Phi) is 3.82. The van der Waals surface area contributed by atoms with E-state index in [0.29, 0.717) is 6.54 Å². The van der Waals surface area contributed by atoms with Crippen molar-refractivity contribution >= 4 is 22.4 Å². The van der Waals surface area contributed by atoms with Gasteiger partial charge in [0.15, 0.2) is 0 Å². The van der Waals surface area contributed by atoms with Crippen molar-refractivity contribution in [2.75, 3.05) is 25.5 Å². The van der Waals surface area contributed by atoms with Gasteiger partial charge in [0.2, 0.25) is 5.91 Å². The summed E-state index contributed by atoms with van der Waals surface area (Å²) in [6.07, 6.45) is 0. The molecule has 0 bridgehead atoms. The van der Waals surface area contributed by atoms with Crippen LogP contribution in [0.2, 0.25) is 0 Å². The summed E-state index contributed by atoms with van der Waals surface area (Å²) in [6, 6.07) is 14.3. The molecule has 0 aliphatic rings. The van der Waals surface area contributed by atoms with Gasteiger partial charge in [-0.3, -0.25) is 4.79 Å². The zero-order valence-corrected chi connectivity index (χ0v) is 10.8. The first-order valence-corrected chi connectivity index (χ1v) is 6.17. The Hall–Kier alpha value is -2.03. The van der Waals surface area contributed by atoms with Gasteiger partial charge in [-0.05, 0) is 29.8 Å². The van der Waals surface area contributed by atoms with E-state index in [1.54, 1.807) is 4.90 Å². The van der Waals surface area contributed by atoms with Gasteiger partial charge in [0, 0.05) is 19.3 Å². The summed E-state index contributed by atoms with van der Waals surface area (Å²) in [5.41, 5.74) is 0.978. The topological polar surface area (TPSA) is 32.3 Å². The highest BCUT2D eigenvalue weighted by Gasteiger charge is 2.05. The minimum absolute atomic E-state index is 0.102. The molecule has 2 aromatic rings. The third kappa shape index (κ3) is 2.80. The van der Waals surface area contributed by atoms with Crippen molar-refractivity contribution in [3.8, 4) is 0 Å². The second-order valence-corrected chi connectivity index (χ2v) is 4.32. The van der Waals surface area contributed by atoms with E-state index in [0.717, 1.165) is 12.2 Å². The van der Waals surface area contributed by atoms with Crippen LogP contribution in [-0.4, -0.2) is 30.9 Å². The van der Waals surface area contributed by atoms with Crippen molar-refractivity contribution < 1.29 is 4.79 Å². The molecule has 18 heavy (non-hydrogen) atoms. The molecule has 1 amide bonds. The van der Waals surface area contributed by atoms with E-state index in [1.807, 2.05) is 32.2 Å². The summed E-state index contributed by atoms with van der Waals surface area (Å²) in [4.78, 5) is 13.4. The Morgan fingerprint density at radius 1 is 1.17 bits per heavy atom. The summed E-state index contributed by atoms with van der Waals surface area (Å²) in [6.45, 7) is 3.04. The van der Waals surface area contributed by atoms with Crippen molar-refractivity contribution in [1.29, 1.82) is 0 Å². The molecular weight excluding hydrogens is 224 g/mol. The maximum Gasteiger partial charge on any atom is 0.241 e. The first-order valence-electron chi connectivity index (χ1n) is 6.17. The molecule has 0 aliphatic carbocycles. The number of carbonyl (C=O) groups excluding carboxylic acids is 1. The molecule has 0 spiro atoms. The molecule has 2 aromatic carbocycles. The SMILES string of the molecule is CCN(C)C(=O)CNc1ccc2ccccc2c1. The highest BCUT2D eigenvalue weighted by atomic mass is 16.2. The lowest BCUT2D eigenvalue weighted by Gasteiger charge is -2.15. The van der Waals surface area contributed by atoms with E-state index < -0.39 is 0 Å². The smallest absolute Gasteiger partial charge is 0.241 e. The average Bonchev–Trinajstić information content (AvgIpc) is 2.43. The number of nitrogens with one attached hydrogen (secondary N) is 1. The van der Waals surface area contributed by atoms with Crippen LogP contribution in [-0.2, 0) is 4.79 Å². The van der Waals surface area contributed by atoms with E-state index in [2.05, 4.69) is 29.6 Å². The average molecular weight is 242 g/mol. The molecule has 0 aromatic heterocycles. The van der Waals surface area contributed by atoms with Gasteiger partial charge in [0.05, 0.1) is 6.54 Å². The lowest BCUT2D eigenvalue weighted by Crippen LogP contribution is -2.31. The molecule has 0 saturated heterocycles. The van der Waals surface area contributed by atoms with Gasteiger partial charge < -0.3 is 10.2 Å². The van der Waals surface area contributed by atoms with Gasteiger partial charge >= 0.3 is 0 Å². The predicted octanol–water partition coefficient (Wildman–Crippen LogP) is 2.73. The van der Waals surface area contributed by atoms with Gasteiger partial charge in [-0.1, -0.05) is 30.3 Å². The van der Waals surface area contributed by atoms with Crippen LogP contribution in [0, 0.1) is 0 Å². The fourth-order valence-electron chi connectivity index (χ4n) is 1.79. The number of nitrogens with zero attached hydrogens (tertiary/aromatic N) is 1. The summed E-state index contributed by atoms with van der Waals surface area (Å²) in [7, 11) is 1.81. The van der Waals surface area contributed by atoms with Crippen molar-refractivity contribution in [2.24, 2.45) is 0 Å². The summed E-state index contributed by atoms with van der Waals surface area (Å²) in [5, 5.41) is 5.55. The van der Waals surface area contributed by atoms with Crippen LogP contribution in [0.5, 0.6) is 0 Å². The fraction of sp³-hybridized carbons (Fsp3) is 0.267. The van der Waals surface area contributed by atoms with Crippen LogP contribution in [0.4, 0.5) is 5.69 Å². The van der Waals surface area contributed by atoms with E-state index in [1.165, 1.54) is 10.8 Å². The summed E-state index contributed by atoms with van der Waals surface area (Å²) in [5.74, 6) is 0.102. The second-order valence-electron chi connectivity index (χ2n) is 4.32. The van der Waals surface area contributed by atoms with Crippen LogP contribution in [0.1, 0.15) is 6.92 Å². The summed E-state index contributed by atoms with van der Waals surface area (Å²) < 4.78 is 0. The van der Waals surface area contributed by atoms with E-state index >= 15 is 0 Å². The highest BCUT2D eigenvalue weighted by molar-refractivity contribution is 5.87. The van der Waals surface area contributed by atoms with Crippen molar-refractivity contribution in [1.82, 2.24) is 4.90 Å². The number of rotatable bonds is 4. The number of benzene rings is 2. The van der Waals surface area contributed by atoms with Gasteiger partial charge in [-0.25, -0.2) is 0 Å². The third-order valence-corrected chi connectivity index (χ3v) is 3.09. The van der Waals surface area contributed by atoms with Gasteiger partial charge in [-0.2, -0.15) is 0 Å². The predicted molar refractivity (Wildman–Crippen MR) is 75.7 cm³/mol. The number of anilines is 1. The molecule has 0 radical (unpaired) electrons.